The lowest BCUT2D eigenvalue weighted by Crippen LogP contribution is -2.30. The van der Waals surface area contributed by atoms with Crippen molar-refractivity contribution in [1.29, 1.82) is 0 Å². The Hall–Kier alpha value is -1.78. The third-order valence-corrected chi connectivity index (χ3v) is 3.37. The van der Waals surface area contributed by atoms with E-state index < -0.39 is 0 Å². The van der Waals surface area contributed by atoms with Crippen molar-refractivity contribution < 1.29 is 8.78 Å². The first-order valence-electron chi connectivity index (χ1n) is 6.51. The fourth-order valence-electron chi connectivity index (χ4n) is 2.29. The third kappa shape index (κ3) is 3.40. The molecule has 106 valence electrons. The summed E-state index contributed by atoms with van der Waals surface area (Å²) in [7, 11) is 1.86. The van der Waals surface area contributed by atoms with E-state index in [9.17, 15) is 8.78 Å². The summed E-state index contributed by atoms with van der Waals surface area (Å²) in [6.07, 6.45) is 0. The lowest BCUT2D eigenvalue weighted by molar-refractivity contribution is 0.238. The average molecular weight is 276 g/mol. The molecule has 0 fully saturated rings. The molecule has 0 aliphatic carbocycles. The molecule has 0 saturated carbocycles. The van der Waals surface area contributed by atoms with Crippen LogP contribution in [0.15, 0.2) is 48.5 Å². The second kappa shape index (κ2) is 6.59. The van der Waals surface area contributed by atoms with Gasteiger partial charge in [0.2, 0.25) is 0 Å². The highest BCUT2D eigenvalue weighted by atomic mass is 19.1. The van der Waals surface area contributed by atoms with Crippen molar-refractivity contribution in [2.75, 3.05) is 13.6 Å². The molecule has 2 aromatic rings. The third-order valence-electron chi connectivity index (χ3n) is 3.37. The van der Waals surface area contributed by atoms with E-state index in [1.165, 1.54) is 18.2 Å². The zero-order chi connectivity index (χ0) is 14.5. The van der Waals surface area contributed by atoms with E-state index in [2.05, 4.69) is 0 Å². The topological polar surface area (TPSA) is 29.3 Å². The maximum Gasteiger partial charge on any atom is 0.127 e. The SMILES string of the molecule is CN(Cc1ccccc1F)C(CN)c1cccc(F)c1. The Bertz CT molecular complexity index is 572. The van der Waals surface area contributed by atoms with Gasteiger partial charge in [-0.1, -0.05) is 30.3 Å². The number of likely N-dealkylation sites (N-methyl/N-ethyl adjacent to an activating group) is 1. The molecule has 2 nitrogen and oxygen atoms in total. The minimum absolute atomic E-state index is 0.148. The van der Waals surface area contributed by atoms with E-state index in [4.69, 9.17) is 5.73 Å². The highest BCUT2D eigenvalue weighted by Crippen LogP contribution is 2.21. The average Bonchev–Trinajstić information content (AvgIpc) is 2.42. The quantitative estimate of drug-likeness (QED) is 0.909. The van der Waals surface area contributed by atoms with E-state index in [1.54, 1.807) is 24.3 Å². The molecular weight excluding hydrogens is 258 g/mol. The van der Waals surface area contributed by atoms with Gasteiger partial charge >= 0.3 is 0 Å². The van der Waals surface area contributed by atoms with Gasteiger partial charge in [-0.3, -0.25) is 4.90 Å². The van der Waals surface area contributed by atoms with Gasteiger partial charge in [0, 0.05) is 24.7 Å². The van der Waals surface area contributed by atoms with Crippen LogP contribution in [-0.4, -0.2) is 18.5 Å². The Balaban J connectivity index is 2.17. The predicted molar refractivity (Wildman–Crippen MR) is 76.1 cm³/mol. The van der Waals surface area contributed by atoms with Crippen molar-refractivity contribution in [3.63, 3.8) is 0 Å². The molecule has 0 radical (unpaired) electrons. The van der Waals surface area contributed by atoms with Gasteiger partial charge in [-0.25, -0.2) is 8.78 Å². The summed E-state index contributed by atoms with van der Waals surface area (Å²) in [6, 6.07) is 12.8. The Morgan fingerprint density at radius 1 is 1.10 bits per heavy atom. The summed E-state index contributed by atoms with van der Waals surface area (Å²) >= 11 is 0. The summed E-state index contributed by atoms with van der Waals surface area (Å²) in [4.78, 5) is 1.92. The predicted octanol–water partition coefficient (Wildman–Crippen LogP) is 3.10. The van der Waals surface area contributed by atoms with E-state index in [0.29, 0.717) is 18.7 Å². The van der Waals surface area contributed by atoms with Crippen molar-refractivity contribution in [3.8, 4) is 0 Å². The van der Waals surface area contributed by atoms with Gasteiger partial charge in [0.15, 0.2) is 0 Å². The van der Waals surface area contributed by atoms with Gasteiger partial charge in [0.25, 0.3) is 0 Å². The first kappa shape index (κ1) is 14.6. The fraction of sp³-hybridized carbons (Fsp3) is 0.250. The molecule has 1 unspecified atom stereocenters. The number of benzene rings is 2. The van der Waals surface area contributed by atoms with Crippen LogP contribution in [0.2, 0.25) is 0 Å². The lowest BCUT2D eigenvalue weighted by Gasteiger charge is -2.27. The summed E-state index contributed by atoms with van der Waals surface area (Å²) < 4.78 is 27.0. The molecule has 20 heavy (non-hydrogen) atoms. The number of rotatable bonds is 5. The Morgan fingerprint density at radius 2 is 1.85 bits per heavy atom. The van der Waals surface area contributed by atoms with Crippen LogP contribution in [-0.2, 0) is 6.54 Å². The molecular formula is C16H18F2N2. The second-order valence-electron chi connectivity index (χ2n) is 4.81. The molecule has 0 aliphatic heterocycles. The highest BCUT2D eigenvalue weighted by molar-refractivity contribution is 5.22. The Kier molecular flexibility index (Phi) is 4.82. The number of hydrogen-bond acceptors (Lipinski definition) is 2. The van der Waals surface area contributed by atoms with Gasteiger partial charge in [-0.2, -0.15) is 0 Å². The van der Waals surface area contributed by atoms with Crippen LogP contribution in [0.5, 0.6) is 0 Å². The number of nitrogens with two attached hydrogens (primary N) is 1. The van der Waals surface area contributed by atoms with E-state index in [0.717, 1.165) is 5.56 Å². The van der Waals surface area contributed by atoms with Gasteiger partial charge in [0.1, 0.15) is 11.6 Å². The molecule has 2 aromatic carbocycles. The summed E-state index contributed by atoms with van der Waals surface area (Å²) in [5.74, 6) is -0.533. The molecule has 2 N–H and O–H groups in total. The molecule has 0 aromatic heterocycles. The number of hydrogen-bond donors (Lipinski definition) is 1. The summed E-state index contributed by atoms with van der Waals surface area (Å²) in [6.45, 7) is 0.763. The molecule has 0 aliphatic rings. The standard InChI is InChI=1S/C16H18F2N2/c1-20(11-13-5-2-3-8-15(13)18)16(10-19)12-6-4-7-14(17)9-12/h2-9,16H,10-11,19H2,1H3. The zero-order valence-electron chi connectivity index (χ0n) is 11.4. The lowest BCUT2D eigenvalue weighted by atomic mass is 10.0. The summed E-state index contributed by atoms with van der Waals surface area (Å²) in [5, 5.41) is 0. The highest BCUT2D eigenvalue weighted by Gasteiger charge is 2.17. The molecule has 0 amide bonds. The van der Waals surface area contributed by atoms with Crippen LogP contribution in [0.3, 0.4) is 0 Å². The van der Waals surface area contributed by atoms with Gasteiger partial charge < -0.3 is 5.73 Å². The van der Waals surface area contributed by atoms with Crippen molar-refractivity contribution in [3.05, 3.63) is 71.3 Å². The first-order valence-corrected chi connectivity index (χ1v) is 6.51. The maximum atomic E-state index is 13.7. The van der Waals surface area contributed by atoms with Gasteiger partial charge in [-0.15, -0.1) is 0 Å². The van der Waals surface area contributed by atoms with Gasteiger partial charge in [0.05, 0.1) is 0 Å². The van der Waals surface area contributed by atoms with E-state index in [1.807, 2.05) is 18.0 Å². The van der Waals surface area contributed by atoms with Crippen LogP contribution in [0.25, 0.3) is 0 Å². The van der Waals surface area contributed by atoms with E-state index in [-0.39, 0.29) is 17.7 Å². The first-order chi connectivity index (χ1) is 9.61. The minimum Gasteiger partial charge on any atom is -0.329 e. The smallest absolute Gasteiger partial charge is 0.127 e. The Morgan fingerprint density at radius 3 is 2.50 bits per heavy atom. The molecule has 1 atom stereocenters. The van der Waals surface area contributed by atoms with Crippen molar-refractivity contribution in [2.24, 2.45) is 5.73 Å². The van der Waals surface area contributed by atoms with Crippen molar-refractivity contribution in [2.45, 2.75) is 12.6 Å². The molecule has 0 spiro atoms. The van der Waals surface area contributed by atoms with Crippen LogP contribution in [0, 0.1) is 11.6 Å². The molecule has 4 heteroatoms. The van der Waals surface area contributed by atoms with Crippen LogP contribution in [0.1, 0.15) is 17.2 Å². The molecule has 0 bridgehead atoms. The van der Waals surface area contributed by atoms with Crippen LogP contribution >= 0.6 is 0 Å². The Labute approximate surface area is 117 Å². The fourth-order valence-corrected chi connectivity index (χ4v) is 2.29. The van der Waals surface area contributed by atoms with E-state index >= 15 is 0 Å². The minimum atomic E-state index is -0.291. The largest absolute Gasteiger partial charge is 0.329 e. The number of halogens is 2. The number of nitrogens with zero attached hydrogens (tertiary/aromatic N) is 1. The molecule has 0 heterocycles. The second-order valence-corrected chi connectivity index (χ2v) is 4.81. The molecule has 0 saturated heterocycles. The van der Waals surface area contributed by atoms with Crippen LogP contribution < -0.4 is 5.73 Å². The monoisotopic (exact) mass is 276 g/mol. The van der Waals surface area contributed by atoms with Gasteiger partial charge in [-0.05, 0) is 30.8 Å². The summed E-state index contributed by atoms with van der Waals surface area (Å²) in [5.41, 5.74) is 7.19. The normalized spacial score (nSPS) is 12.7. The zero-order valence-corrected chi connectivity index (χ0v) is 11.4. The molecule has 2 rings (SSSR count). The van der Waals surface area contributed by atoms with Crippen molar-refractivity contribution in [1.82, 2.24) is 4.90 Å². The maximum absolute atomic E-state index is 13.7. The van der Waals surface area contributed by atoms with Crippen LogP contribution in [0.4, 0.5) is 8.78 Å². The van der Waals surface area contributed by atoms with Crippen molar-refractivity contribution >= 4 is 0 Å².